The molecule has 172 valence electrons. The van der Waals surface area contributed by atoms with E-state index in [-0.39, 0.29) is 23.9 Å². The number of nitro groups is 1. The van der Waals surface area contributed by atoms with Crippen LogP contribution in [0.2, 0.25) is 0 Å². The van der Waals surface area contributed by atoms with Gasteiger partial charge in [-0.1, -0.05) is 0 Å². The quantitative estimate of drug-likeness (QED) is 0.0914. The predicted octanol–water partition coefficient (Wildman–Crippen LogP) is 6.96. The van der Waals surface area contributed by atoms with E-state index >= 15 is 0 Å². The summed E-state index contributed by atoms with van der Waals surface area (Å²) in [4.78, 5) is 27.1. The number of hydrogen-bond donors (Lipinski definition) is 0. The molecular formula is C24H15Br2IN2O5. The van der Waals surface area contributed by atoms with Gasteiger partial charge in [-0.25, -0.2) is 9.79 Å². The van der Waals surface area contributed by atoms with Crippen LogP contribution in [0.1, 0.15) is 22.3 Å². The number of esters is 1. The van der Waals surface area contributed by atoms with Gasteiger partial charge in [-0.3, -0.25) is 10.1 Å². The number of non-ortho nitro benzene ring substituents is 1. The molecule has 0 atom stereocenters. The molecule has 0 amide bonds. The summed E-state index contributed by atoms with van der Waals surface area (Å²) >= 11 is 9.25. The Morgan fingerprint density at radius 1 is 1.12 bits per heavy atom. The van der Waals surface area contributed by atoms with Crippen LogP contribution in [-0.4, -0.2) is 16.8 Å². The maximum absolute atomic E-state index is 12.4. The summed E-state index contributed by atoms with van der Waals surface area (Å²) in [6.07, 6.45) is 1.64. The SMILES string of the molecule is Cc1cc(C2=N/C(=C\c3cc(Br)c(OCc4ccc([N+](=O)[O-])cc4)c(Br)c3)C(=O)O2)ccc1I. The number of carbonyl (C=O) groups is 1. The minimum atomic E-state index is -0.517. The largest absolute Gasteiger partial charge is 0.487 e. The molecule has 0 saturated heterocycles. The monoisotopic (exact) mass is 696 g/mol. The highest BCUT2D eigenvalue weighted by Crippen LogP contribution is 2.36. The van der Waals surface area contributed by atoms with E-state index in [1.165, 1.54) is 12.1 Å². The minimum Gasteiger partial charge on any atom is -0.487 e. The number of cyclic esters (lactones) is 1. The molecule has 3 aromatic rings. The number of hydrogen-bond acceptors (Lipinski definition) is 6. The van der Waals surface area contributed by atoms with Crippen LogP contribution in [0.5, 0.6) is 5.75 Å². The van der Waals surface area contributed by atoms with Crippen LogP contribution in [0, 0.1) is 20.6 Å². The number of benzene rings is 3. The lowest BCUT2D eigenvalue weighted by atomic mass is 10.1. The maximum atomic E-state index is 12.4. The van der Waals surface area contributed by atoms with Gasteiger partial charge in [0.1, 0.15) is 12.4 Å². The van der Waals surface area contributed by atoms with Gasteiger partial charge >= 0.3 is 5.97 Å². The van der Waals surface area contributed by atoms with Gasteiger partial charge in [0.2, 0.25) is 5.90 Å². The number of nitrogens with zero attached hydrogens (tertiary/aromatic N) is 2. The zero-order valence-corrected chi connectivity index (χ0v) is 22.9. The van der Waals surface area contributed by atoms with Gasteiger partial charge in [-0.2, -0.15) is 0 Å². The predicted molar refractivity (Wildman–Crippen MR) is 144 cm³/mol. The van der Waals surface area contributed by atoms with Crippen LogP contribution in [0.25, 0.3) is 6.08 Å². The fourth-order valence-electron chi connectivity index (χ4n) is 3.14. The maximum Gasteiger partial charge on any atom is 0.363 e. The summed E-state index contributed by atoms with van der Waals surface area (Å²) in [5, 5.41) is 10.8. The summed E-state index contributed by atoms with van der Waals surface area (Å²) in [6.45, 7) is 2.21. The van der Waals surface area contributed by atoms with Crippen LogP contribution in [0.3, 0.4) is 0 Å². The molecular weight excluding hydrogens is 683 g/mol. The highest BCUT2D eigenvalue weighted by atomic mass is 127. The molecule has 34 heavy (non-hydrogen) atoms. The van der Waals surface area contributed by atoms with E-state index in [0.29, 0.717) is 14.7 Å². The second-order valence-corrected chi connectivity index (χ2v) is 10.2. The second kappa shape index (κ2) is 10.4. The molecule has 10 heteroatoms. The first-order valence-electron chi connectivity index (χ1n) is 9.85. The Bertz CT molecular complexity index is 1350. The standard InChI is InChI=1S/C24H15Br2IN2O5/c1-13-8-16(4-7-20(13)27)23-28-21(24(30)34-23)11-15-9-18(25)22(19(26)10-15)33-12-14-2-5-17(6-3-14)29(31)32/h2-11H,12H2,1H3/b21-11-. The number of nitro benzene ring substituents is 1. The molecule has 0 spiro atoms. The van der Waals surface area contributed by atoms with E-state index < -0.39 is 10.9 Å². The van der Waals surface area contributed by atoms with Crippen LogP contribution in [0.4, 0.5) is 5.69 Å². The molecule has 7 nitrogen and oxygen atoms in total. The molecule has 0 fully saturated rings. The van der Waals surface area contributed by atoms with Gasteiger partial charge in [0.25, 0.3) is 5.69 Å². The number of aliphatic imine (C=N–C) groups is 1. The molecule has 0 bridgehead atoms. The topological polar surface area (TPSA) is 91.0 Å². The molecule has 1 aliphatic heterocycles. The van der Waals surface area contributed by atoms with Crippen molar-refractivity contribution in [3.63, 3.8) is 0 Å². The third kappa shape index (κ3) is 5.56. The number of halogens is 3. The number of aryl methyl sites for hydroxylation is 1. The molecule has 0 saturated carbocycles. The van der Waals surface area contributed by atoms with Gasteiger partial charge < -0.3 is 9.47 Å². The summed E-state index contributed by atoms with van der Waals surface area (Å²) in [5.74, 6) is 0.321. The average Bonchev–Trinajstić information content (AvgIpc) is 3.15. The van der Waals surface area contributed by atoms with Crippen molar-refractivity contribution in [1.29, 1.82) is 0 Å². The lowest BCUT2D eigenvalue weighted by Gasteiger charge is -2.11. The summed E-state index contributed by atoms with van der Waals surface area (Å²) in [5.41, 5.74) is 3.55. The van der Waals surface area contributed by atoms with Crippen molar-refractivity contribution in [1.82, 2.24) is 0 Å². The van der Waals surface area contributed by atoms with Crippen LogP contribution >= 0.6 is 54.5 Å². The molecule has 0 aromatic heterocycles. The Balaban J connectivity index is 1.53. The molecule has 3 aromatic carbocycles. The van der Waals surface area contributed by atoms with Crippen LogP contribution in [0.15, 0.2) is 74.2 Å². The summed E-state index contributed by atoms with van der Waals surface area (Å²) < 4.78 is 13.7. The van der Waals surface area contributed by atoms with Crippen molar-refractivity contribution in [2.45, 2.75) is 13.5 Å². The van der Waals surface area contributed by atoms with E-state index in [0.717, 1.165) is 25.8 Å². The Morgan fingerprint density at radius 2 is 1.79 bits per heavy atom. The van der Waals surface area contributed by atoms with Crippen molar-refractivity contribution < 1.29 is 19.2 Å². The number of ether oxygens (including phenoxy) is 2. The number of carbonyl (C=O) groups excluding carboxylic acids is 1. The minimum absolute atomic E-state index is 0.0249. The van der Waals surface area contributed by atoms with Gasteiger partial charge in [0.05, 0.1) is 13.9 Å². The zero-order valence-electron chi connectivity index (χ0n) is 17.6. The van der Waals surface area contributed by atoms with Crippen molar-refractivity contribution in [2.75, 3.05) is 0 Å². The smallest absolute Gasteiger partial charge is 0.363 e. The summed E-state index contributed by atoms with van der Waals surface area (Å²) in [6, 6.07) is 15.5. The van der Waals surface area contributed by atoms with E-state index in [9.17, 15) is 14.9 Å². The highest BCUT2D eigenvalue weighted by molar-refractivity contribution is 14.1. The molecule has 0 unspecified atom stereocenters. The first-order valence-corrected chi connectivity index (χ1v) is 12.5. The molecule has 4 rings (SSSR count). The van der Waals surface area contributed by atoms with Gasteiger partial charge in [0.15, 0.2) is 5.70 Å². The van der Waals surface area contributed by atoms with Crippen molar-refractivity contribution in [3.8, 4) is 5.75 Å². The third-order valence-electron chi connectivity index (χ3n) is 4.88. The Morgan fingerprint density at radius 3 is 2.41 bits per heavy atom. The van der Waals surface area contributed by atoms with E-state index in [1.54, 1.807) is 30.3 Å². The average molecular weight is 698 g/mol. The van der Waals surface area contributed by atoms with Crippen LogP contribution < -0.4 is 4.74 Å². The molecule has 0 N–H and O–H groups in total. The lowest BCUT2D eigenvalue weighted by Crippen LogP contribution is -2.05. The third-order valence-corrected chi connectivity index (χ3v) is 7.27. The molecule has 0 radical (unpaired) electrons. The molecule has 0 aliphatic carbocycles. The first-order chi connectivity index (χ1) is 16.2. The Kier molecular flexibility index (Phi) is 7.48. The van der Waals surface area contributed by atoms with Crippen molar-refractivity contribution >= 4 is 78.1 Å². The van der Waals surface area contributed by atoms with Crippen LogP contribution in [-0.2, 0) is 16.1 Å². The van der Waals surface area contributed by atoms with E-state index in [2.05, 4.69) is 59.4 Å². The van der Waals surface area contributed by atoms with Crippen molar-refractivity contribution in [2.24, 2.45) is 4.99 Å². The van der Waals surface area contributed by atoms with E-state index in [4.69, 9.17) is 9.47 Å². The lowest BCUT2D eigenvalue weighted by molar-refractivity contribution is -0.384. The van der Waals surface area contributed by atoms with Gasteiger partial charge in [-0.05, 0) is 127 Å². The van der Waals surface area contributed by atoms with Crippen molar-refractivity contribution in [3.05, 3.63) is 105 Å². The van der Waals surface area contributed by atoms with Gasteiger partial charge in [-0.15, -0.1) is 0 Å². The molecule has 1 heterocycles. The van der Waals surface area contributed by atoms with Gasteiger partial charge in [0, 0.05) is 21.3 Å². The first kappa shape index (κ1) is 24.6. The normalized spacial score (nSPS) is 14.2. The Labute approximate surface area is 225 Å². The summed E-state index contributed by atoms with van der Waals surface area (Å²) in [7, 11) is 0. The fraction of sp³-hybridized carbons (Fsp3) is 0.0833. The zero-order chi connectivity index (χ0) is 24.4. The number of rotatable bonds is 6. The highest BCUT2D eigenvalue weighted by Gasteiger charge is 2.24. The van der Waals surface area contributed by atoms with E-state index in [1.807, 2.05) is 25.1 Å². The molecule has 1 aliphatic rings. The second-order valence-electron chi connectivity index (χ2n) is 7.33. The Hall–Kier alpha value is -2.57. The fourth-order valence-corrected chi connectivity index (χ4v) is 4.92.